The van der Waals surface area contributed by atoms with Crippen LogP contribution in [0.2, 0.25) is 0 Å². The van der Waals surface area contributed by atoms with Gasteiger partial charge in [0.25, 0.3) is 10.0 Å². The number of nitrogens with zero attached hydrogens (tertiary/aromatic N) is 3. The number of halogens is 4. The molecule has 9 nitrogen and oxygen atoms in total. The van der Waals surface area contributed by atoms with Gasteiger partial charge in [-0.1, -0.05) is 0 Å². The lowest BCUT2D eigenvalue weighted by molar-refractivity contribution is -0.274. The Morgan fingerprint density at radius 3 is 2.53 bits per heavy atom. The molecule has 0 amide bonds. The van der Waals surface area contributed by atoms with Gasteiger partial charge in [-0.25, -0.2) is 22.6 Å². The number of β-amino-alcohol motifs (C(OH)–C–C–N with tert-alkyl or cyclic N) is 1. The zero-order valence-electron chi connectivity index (χ0n) is 16.1. The molecule has 32 heavy (non-hydrogen) atoms. The number of aliphatic hydroxyl groups is 1. The minimum absolute atomic E-state index is 0.0576. The number of benzene rings is 1. The van der Waals surface area contributed by atoms with Gasteiger partial charge in [-0.05, 0) is 24.3 Å². The Bertz CT molecular complexity index is 1140. The predicted molar refractivity (Wildman–Crippen MR) is 101 cm³/mol. The molecule has 1 aliphatic rings. The second kappa shape index (κ2) is 8.51. The third-order valence-electron chi connectivity index (χ3n) is 4.64. The summed E-state index contributed by atoms with van der Waals surface area (Å²) in [5.74, 6) is -1.62. The molecular weight excluding hydrogens is 460 g/mol. The molecule has 2 aromatic rings. The quantitative estimate of drug-likeness (QED) is 0.482. The average molecular weight is 476 g/mol. The number of rotatable bonds is 6. The van der Waals surface area contributed by atoms with Crippen LogP contribution in [-0.2, 0) is 10.0 Å². The second-order valence-corrected chi connectivity index (χ2v) is 8.70. The van der Waals surface area contributed by atoms with E-state index in [1.807, 2.05) is 0 Å². The molecule has 0 saturated carbocycles. The van der Waals surface area contributed by atoms with Gasteiger partial charge < -0.3 is 20.3 Å². The number of sulfonamides is 1. The summed E-state index contributed by atoms with van der Waals surface area (Å²) >= 11 is 0. The van der Waals surface area contributed by atoms with Gasteiger partial charge in [-0.3, -0.25) is 0 Å². The lowest BCUT2D eigenvalue weighted by Crippen LogP contribution is -2.50. The van der Waals surface area contributed by atoms with Gasteiger partial charge in [-0.2, -0.15) is 4.31 Å². The molecule has 0 unspecified atom stereocenters. The fourth-order valence-corrected chi connectivity index (χ4v) is 4.43. The molecule has 1 saturated heterocycles. The highest BCUT2D eigenvalue weighted by atomic mass is 32.2. The van der Waals surface area contributed by atoms with Crippen LogP contribution in [0.3, 0.4) is 0 Å². The van der Waals surface area contributed by atoms with E-state index in [-0.39, 0.29) is 11.4 Å². The Hall–Kier alpha value is -2.99. The summed E-state index contributed by atoms with van der Waals surface area (Å²) in [4.78, 5) is 6.48. The summed E-state index contributed by atoms with van der Waals surface area (Å²) in [6.07, 6.45) is -5.57. The summed E-state index contributed by atoms with van der Waals surface area (Å²) in [6.45, 7) is 5.55. The topological polar surface area (TPSA) is 119 Å². The fraction of sp³-hybridized carbons (Fsp3) is 0.333. The number of pyridine rings is 1. The number of hydrogen-bond donors (Lipinski definition) is 2. The highest BCUT2D eigenvalue weighted by Crippen LogP contribution is 2.32. The van der Waals surface area contributed by atoms with Gasteiger partial charge >= 0.3 is 6.36 Å². The van der Waals surface area contributed by atoms with Crippen LogP contribution in [0.5, 0.6) is 11.5 Å². The van der Waals surface area contributed by atoms with Gasteiger partial charge in [0.1, 0.15) is 29.0 Å². The molecule has 1 aromatic carbocycles. The van der Waals surface area contributed by atoms with Crippen LogP contribution < -0.4 is 15.2 Å². The average Bonchev–Trinajstić information content (AvgIpc) is 3.05. The van der Waals surface area contributed by atoms with Gasteiger partial charge in [0.2, 0.25) is 5.69 Å². The monoisotopic (exact) mass is 476 g/mol. The van der Waals surface area contributed by atoms with E-state index in [1.54, 1.807) is 0 Å². The molecule has 0 radical (unpaired) electrons. The van der Waals surface area contributed by atoms with Crippen LogP contribution in [0.25, 0.3) is 4.85 Å². The van der Waals surface area contributed by atoms with Crippen LogP contribution in [0, 0.1) is 12.4 Å². The normalized spacial score (nSPS) is 21.8. The van der Waals surface area contributed by atoms with Crippen LogP contribution in [0.1, 0.15) is 0 Å². The molecule has 1 fully saturated rings. The molecule has 1 aliphatic heterocycles. The molecule has 3 rings (SSSR count). The van der Waals surface area contributed by atoms with E-state index in [0.29, 0.717) is 6.20 Å². The van der Waals surface area contributed by atoms with Crippen molar-refractivity contribution in [2.75, 3.05) is 19.6 Å². The van der Waals surface area contributed by atoms with E-state index in [1.165, 1.54) is 6.07 Å². The van der Waals surface area contributed by atoms with Crippen LogP contribution in [-0.4, -0.2) is 60.5 Å². The third kappa shape index (κ3) is 4.91. The van der Waals surface area contributed by atoms with Crippen molar-refractivity contribution >= 4 is 15.7 Å². The van der Waals surface area contributed by atoms with Gasteiger partial charge in [0, 0.05) is 19.2 Å². The fourth-order valence-electron chi connectivity index (χ4n) is 3.01. The first-order chi connectivity index (χ1) is 14.9. The number of aromatic nitrogens is 1. The van der Waals surface area contributed by atoms with Crippen molar-refractivity contribution in [3.05, 3.63) is 53.8 Å². The summed E-state index contributed by atoms with van der Waals surface area (Å²) < 4.78 is 86.4. The summed E-state index contributed by atoms with van der Waals surface area (Å²) in [5, 5.41) is 10.2. The van der Waals surface area contributed by atoms with E-state index in [0.717, 1.165) is 28.6 Å². The third-order valence-corrected chi connectivity index (χ3v) is 6.37. The minimum atomic E-state index is -4.97. The maximum absolute atomic E-state index is 13.8. The van der Waals surface area contributed by atoms with Crippen molar-refractivity contribution in [1.29, 1.82) is 0 Å². The largest absolute Gasteiger partial charge is 0.573 e. The molecular formula is C18H16F4N4O5S. The van der Waals surface area contributed by atoms with Gasteiger partial charge in [-0.15, -0.1) is 13.2 Å². The zero-order chi connectivity index (χ0) is 23.7. The molecule has 3 N–H and O–H groups in total. The summed E-state index contributed by atoms with van der Waals surface area (Å²) in [6, 6.07) is 4.98. The maximum atomic E-state index is 13.8. The van der Waals surface area contributed by atoms with E-state index >= 15 is 0 Å². The predicted octanol–water partition coefficient (Wildman–Crippen LogP) is 1.81. The van der Waals surface area contributed by atoms with Crippen molar-refractivity contribution < 1.29 is 40.6 Å². The molecule has 172 valence electrons. The van der Waals surface area contributed by atoms with Crippen LogP contribution in [0.15, 0.2) is 41.6 Å². The molecule has 2 heterocycles. The first-order valence-electron chi connectivity index (χ1n) is 8.86. The van der Waals surface area contributed by atoms with Crippen molar-refractivity contribution in [2.45, 2.75) is 23.1 Å². The van der Waals surface area contributed by atoms with E-state index in [9.17, 15) is 31.1 Å². The Morgan fingerprint density at radius 2 is 2.00 bits per heavy atom. The van der Waals surface area contributed by atoms with Crippen LogP contribution in [0.4, 0.5) is 23.2 Å². The number of hydrogen-bond acceptors (Lipinski definition) is 7. The first-order valence-corrected chi connectivity index (χ1v) is 10.3. The lowest BCUT2D eigenvalue weighted by atomic mass is 10.0. The zero-order valence-corrected chi connectivity index (χ0v) is 16.9. The molecule has 14 heteroatoms. The second-order valence-electron chi connectivity index (χ2n) is 6.82. The Morgan fingerprint density at radius 1 is 1.31 bits per heavy atom. The van der Waals surface area contributed by atoms with Crippen molar-refractivity contribution in [3.8, 4) is 11.5 Å². The summed E-state index contributed by atoms with van der Waals surface area (Å²) in [5.41, 5.74) is 3.52. The Kier molecular flexibility index (Phi) is 6.29. The number of ether oxygens (including phenoxy) is 2. The van der Waals surface area contributed by atoms with E-state index in [4.69, 9.17) is 17.0 Å². The maximum Gasteiger partial charge on any atom is 0.573 e. The Labute approximate surface area is 179 Å². The van der Waals surface area contributed by atoms with Crippen molar-refractivity contribution in [3.63, 3.8) is 0 Å². The SMILES string of the molecule is [C-]#[N+]c1ccc(O[C@H]2CN(S(=O)(=O)c3ccc(OC(F)(F)F)cn3)C[C@@]2(O)CN)cc1F. The highest BCUT2D eigenvalue weighted by Gasteiger charge is 2.50. The molecule has 0 aliphatic carbocycles. The molecule has 0 bridgehead atoms. The number of alkyl halides is 3. The standard InChI is InChI=1S/C18H16F4N4O5S/c1-24-14-4-2-11(6-13(14)19)30-15-8-26(10-17(15,27)9-23)32(28,29)16-5-3-12(7-25-16)31-18(20,21)22/h2-7,15,27H,8-10,23H2/t15-,17-/m0/s1. The van der Waals surface area contributed by atoms with E-state index < -0.39 is 64.3 Å². The first kappa shape index (κ1) is 23.7. The Balaban J connectivity index is 1.81. The van der Waals surface area contributed by atoms with E-state index in [2.05, 4.69) is 14.6 Å². The van der Waals surface area contributed by atoms with Gasteiger partial charge in [0.15, 0.2) is 5.03 Å². The molecule has 1 aromatic heterocycles. The number of nitrogens with two attached hydrogens (primary N) is 1. The smallest absolute Gasteiger partial charge is 0.486 e. The van der Waals surface area contributed by atoms with Crippen molar-refractivity contribution in [2.24, 2.45) is 5.73 Å². The van der Waals surface area contributed by atoms with Crippen LogP contribution >= 0.6 is 0 Å². The summed E-state index contributed by atoms with van der Waals surface area (Å²) in [7, 11) is -4.35. The minimum Gasteiger partial charge on any atom is -0.486 e. The molecule has 0 spiro atoms. The van der Waals surface area contributed by atoms with Gasteiger partial charge in [0.05, 0.1) is 19.3 Å². The molecule has 2 atom stereocenters. The van der Waals surface area contributed by atoms with Crippen molar-refractivity contribution in [1.82, 2.24) is 9.29 Å². The highest BCUT2D eigenvalue weighted by molar-refractivity contribution is 7.89. The lowest BCUT2D eigenvalue weighted by Gasteiger charge is -2.27.